The minimum absolute atomic E-state index is 0.0552. The van der Waals surface area contributed by atoms with Crippen molar-refractivity contribution >= 4 is 29.1 Å². The number of methoxy groups -OCH3 is 1. The average Bonchev–Trinajstić information content (AvgIpc) is 2.54. The van der Waals surface area contributed by atoms with Crippen molar-refractivity contribution in [2.75, 3.05) is 32.5 Å². The van der Waals surface area contributed by atoms with Crippen molar-refractivity contribution < 1.29 is 14.3 Å². The van der Waals surface area contributed by atoms with Gasteiger partial charge < -0.3 is 20.7 Å². The lowest BCUT2D eigenvalue weighted by Crippen LogP contribution is -2.43. The number of hydrogen-bond acceptors (Lipinski definition) is 4. The molecule has 1 aliphatic heterocycles. The Kier molecular flexibility index (Phi) is 5.71. The molecule has 1 atom stereocenters. The van der Waals surface area contributed by atoms with Gasteiger partial charge in [-0.1, -0.05) is 11.6 Å². The fraction of sp³-hybridized carbons (Fsp3) is 0.500. The van der Waals surface area contributed by atoms with Gasteiger partial charge >= 0.3 is 0 Å². The number of anilines is 1. The molecule has 1 saturated heterocycles. The molecule has 0 aromatic heterocycles. The molecular formula is C16H22ClN3O3. The summed E-state index contributed by atoms with van der Waals surface area (Å²) in [5.74, 6) is 0.490. The highest BCUT2D eigenvalue weighted by Crippen LogP contribution is 2.30. The Balaban J connectivity index is 2.13. The Bertz CT molecular complexity index is 606. The molecule has 1 aromatic rings. The van der Waals surface area contributed by atoms with Crippen LogP contribution in [0.1, 0.15) is 30.1 Å². The molecule has 0 bridgehead atoms. The lowest BCUT2D eigenvalue weighted by atomic mass is 9.97. The van der Waals surface area contributed by atoms with Crippen LogP contribution in [-0.2, 0) is 4.79 Å². The van der Waals surface area contributed by atoms with Gasteiger partial charge in [-0.25, -0.2) is 0 Å². The van der Waals surface area contributed by atoms with E-state index in [-0.39, 0.29) is 17.7 Å². The number of nitrogens with zero attached hydrogens (tertiary/aromatic N) is 1. The highest BCUT2D eigenvalue weighted by Gasteiger charge is 2.27. The second-order valence-electron chi connectivity index (χ2n) is 5.77. The maximum Gasteiger partial charge on any atom is 0.257 e. The zero-order valence-electron chi connectivity index (χ0n) is 13.4. The zero-order chi connectivity index (χ0) is 17.0. The topological polar surface area (TPSA) is 84.7 Å². The van der Waals surface area contributed by atoms with Gasteiger partial charge in [-0.05, 0) is 24.8 Å². The third-order valence-electron chi connectivity index (χ3n) is 4.00. The molecule has 1 unspecified atom stereocenters. The first-order chi connectivity index (χ1) is 10.9. The summed E-state index contributed by atoms with van der Waals surface area (Å²) < 4.78 is 5.26. The number of nitrogens with one attached hydrogen (secondary N) is 1. The smallest absolute Gasteiger partial charge is 0.257 e. The molecule has 7 heteroatoms. The quantitative estimate of drug-likeness (QED) is 0.821. The van der Waals surface area contributed by atoms with E-state index in [0.717, 1.165) is 12.8 Å². The predicted octanol–water partition coefficient (Wildman–Crippen LogP) is 1.92. The molecule has 1 heterocycles. The van der Waals surface area contributed by atoms with E-state index in [0.29, 0.717) is 41.7 Å². The Labute approximate surface area is 140 Å². The summed E-state index contributed by atoms with van der Waals surface area (Å²) in [4.78, 5) is 25.6. The van der Waals surface area contributed by atoms with Crippen LogP contribution in [0.15, 0.2) is 12.1 Å². The van der Waals surface area contributed by atoms with Gasteiger partial charge in [0.2, 0.25) is 5.91 Å². The van der Waals surface area contributed by atoms with Gasteiger partial charge in [0.1, 0.15) is 5.75 Å². The van der Waals surface area contributed by atoms with Crippen molar-refractivity contribution in [3.63, 3.8) is 0 Å². The van der Waals surface area contributed by atoms with Gasteiger partial charge in [0, 0.05) is 32.6 Å². The summed E-state index contributed by atoms with van der Waals surface area (Å²) in [5.41, 5.74) is 6.54. The molecule has 126 valence electrons. The van der Waals surface area contributed by atoms with Gasteiger partial charge in [0.05, 0.1) is 23.4 Å². The number of benzene rings is 1. The SMILES string of the molecule is COc1cc(N)c(Cl)cc1C(=O)N1CCCC(CNC(C)=O)C1. The molecule has 3 N–H and O–H groups in total. The van der Waals surface area contributed by atoms with Crippen LogP contribution in [0.2, 0.25) is 5.02 Å². The van der Waals surface area contributed by atoms with E-state index in [1.807, 2.05) is 0 Å². The summed E-state index contributed by atoms with van der Waals surface area (Å²) in [6, 6.07) is 3.11. The highest BCUT2D eigenvalue weighted by molar-refractivity contribution is 6.33. The minimum atomic E-state index is -0.128. The molecule has 0 aliphatic carbocycles. The van der Waals surface area contributed by atoms with Crippen molar-refractivity contribution in [1.82, 2.24) is 10.2 Å². The minimum Gasteiger partial charge on any atom is -0.496 e. The summed E-state index contributed by atoms with van der Waals surface area (Å²) in [5, 5.41) is 3.15. The molecule has 6 nitrogen and oxygen atoms in total. The van der Waals surface area contributed by atoms with Crippen LogP contribution < -0.4 is 15.8 Å². The van der Waals surface area contributed by atoms with Gasteiger partial charge in [0.25, 0.3) is 5.91 Å². The van der Waals surface area contributed by atoms with Crippen LogP contribution >= 0.6 is 11.6 Å². The molecule has 0 spiro atoms. The maximum absolute atomic E-state index is 12.8. The van der Waals surface area contributed by atoms with E-state index in [4.69, 9.17) is 22.1 Å². The van der Waals surface area contributed by atoms with Crippen molar-refractivity contribution in [3.05, 3.63) is 22.7 Å². The molecule has 2 rings (SSSR count). The van der Waals surface area contributed by atoms with Crippen LogP contribution in [-0.4, -0.2) is 43.5 Å². The van der Waals surface area contributed by atoms with Crippen LogP contribution in [0.3, 0.4) is 0 Å². The predicted molar refractivity (Wildman–Crippen MR) is 89.7 cm³/mol. The number of likely N-dealkylation sites (tertiary alicyclic amines) is 1. The van der Waals surface area contributed by atoms with Crippen molar-refractivity contribution in [2.45, 2.75) is 19.8 Å². The Morgan fingerprint density at radius 2 is 2.22 bits per heavy atom. The zero-order valence-corrected chi connectivity index (χ0v) is 14.2. The van der Waals surface area contributed by atoms with Gasteiger partial charge in [0.15, 0.2) is 0 Å². The first kappa shape index (κ1) is 17.4. The molecule has 1 aliphatic rings. The number of carbonyl (C=O) groups is 2. The molecule has 0 radical (unpaired) electrons. The van der Waals surface area contributed by atoms with E-state index in [1.54, 1.807) is 17.0 Å². The van der Waals surface area contributed by atoms with Crippen molar-refractivity contribution in [2.24, 2.45) is 5.92 Å². The summed E-state index contributed by atoms with van der Waals surface area (Å²) >= 11 is 6.04. The number of hydrogen-bond donors (Lipinski definition) is 2. The Morgan fingerprint density at radius 1 is 1.48 bits per heavy atom. The number of nitrogens with two attached hydrogens (primary N) is 1. The number of halogens is 1. The second-order valence-corrected chi connectivity index (χ2v) is 6.18. The van der Waals surface area contributed by atoms with Crippen LogP contribution in [0, 0.1) is 5.92 Å². The number of amides is 2. The lowest BCUT2D eigenvalue weighted by Gasteiger charge is -2.33. The maximum atomic E-state index is 12.8. The van der Waals surface area contributed by atoms with E-state index >= 15 is 0 Å². The molecule has 2 amide bonds. The molecule has 0 saturated carbocycles. The van der Waals surface area contributed by atoms with Gasteiger partial charge in [-0.15, -0.1) is 0 Å². The second kappa shape index (κ2) is 7.55. The summed E-state index contributed by atoms with van der Waals surface area (Å²) in [7, 11) is 1.50. The lowest BCUT2D eigenvalue weighted by molar-refractivity contribution is -0.119. The molecular weight excluding hydrogens is 318 g/mol. The summed E-state index contributed by atoms with van der Waals surface area (Å²) in [6.07, 6.45) is 1.89. The normalized spacial score (nSPS) is 17.7. The standard InChI is InChI=1S/C16H22ClN3O3/c1-10(21)19-8-11-4-3-5-20(9-11)16(22)12-6-13(17)14(18)7-15(12)23-2/h6-7,11H,3-5,8-9,18H2,1-2H3,(H,19,21). The van der Waals surface area contributed by atoms with Crippen molar-refractivity contribution in [3.8, 4) is 5.75 Å². The third-order valence-corrected chi connectivity index (χ3v) is 4.32. The van der Waals surface area contributed by atoms with Gasteiger partial charge in [-0.2, -0.15) is 0 Å². The number of carbonyl (C=O) groups excluding carboxylic acids is 2. The monoisotopic (exact) mass is 339 g/mol. The summed E-state index contributed by atoms with van der Waals surface area (Å²) in [6.45, 7) is 3.36. The fourth-order valence-corrected chi connectivity index (χ4v) is 2.94. The number of piperidine rings is 1. The number of ether oxygens (including phenoxy) is 1. The first-order valence-corrected chi connectivity index (χ1v) is 7.97. The molecule has 1 aromatic carbocycles. The average molecular weight is 340 g/mol. The van der Waals surface area contributed by atoms with E-state index < -0.39 is 0 Å². The van der Waals surface area contributed by atoms with Crippen LogP contribution in [0.4, 0.5) is 5.69 Å². The number of rotatable bonds is 4. The number of nitrogen functional groups attached to an aromatic ring is 1. The van der Waals surface area contributed by atoms with E-state index in [2.05, 4.69) is 5.32 Å². The highest BCUT2D eigenvalue weighted by atomic mass is 35.5. The van der Waals surface area contributed by atoms with Crippen LogP contribution in [0.25, 0.3) is 0 Å². The van der Waals surface area contributed by atoms with E-state index in [9.17, 15) is 9.59 Å². The molecule has 1 fully saturated rings. The fourth-order valence-electron chi connectivity index (χ4n) is 2.78. The van der Waals surface area contributed by atoms with E-state index in [1.165, 1.54) is 14.0 Å². The van der Waals surface area contributed by atoms with Gasteiger partial charge in [-0.3, -0.25) is 9.59 Å². The van der Waals surface area contributed by atoms with Crippen molar-refractivity contribution in [1.29, 1.82) is 0 Å². The largest absolute Gasteiger partial charge is 0.496 e. The Hall–Kier alpha value is -1.95. The first-order valence-electron chi connectivity index (χ1n) is 7.59. The van der Waals surface area contributed by atoms with Crippen LogP contribution in [0.5, 0.6) is 5.75 Å². The Morgan fingerprint density at radius 3 is 2.87 bits per heavy atom. The third kappa shape index (κ3) is 4.28. The molecule has 23 heavy (non-hydrogen) atoms.